The molecule has 4 rings (SSSR count). The van der Waals surface area contributed by atoms with E-state index in [4.69, 9.17) is 9.47 Å². The zero-order valence-electron chi connectivity index (χ0n) is 23.6. The average Bonchev–Trinajstić information content (AvgIpc) is 3.21. The summed E-state index contributed by atoms with van der Waals surface area (Å²) in [5.74, 6) is -41.4. The van der Waals surface area contributed by atoms with Gasteiger partial charge in [-0.05, 0) is 0 Å². The number of Topliss-reactive ketones (excluding diaryl/α,β-unsaturated/α-hetero) is 1. The second kappa shape index (κ2) is 9.90. The fourth-order valence-corrected chi connectivity index (χ4v) is 5.82. The number of ether oxygens (including phenoxy) is 2. The normalized spacial score (nSPS) is 24.2. The van der Waals surface area contributed by atoms with Gasteiger partial charge in [-0.3, -0.25) is 4.79 Å². The van der Waals surface area contributed by atoms with Crippen molar-refractivity contribution in [3.63, 3.8) is 0 Å². The summed E-state index contributed by atoms with van der Waals surface area (Å²) in [6.07, 6.45) is -3.65. The van der Waals surface area contributed by atoms with E-state index in [1.54, 1.807) is 0 Å². The zero-order chi connectivity index (χ0) is 36.4. The Kier molecular flexibility index (Phi) is 7.51. The van der Waals surface area contributed by atoms with Crippen LogP contribution in [0.25, 0.3) is 0 Å². The summed E-state index contributed by atoms with van der Waals surface area (Å²) in [7, 11) is 1.91. The van der Waals surface area contributed by atoms with E-state index < -0.39 is 132 Å². The van der Waals surface area contributed by atoms with Gasteiger partial charge in [-0.15, -0.1) is 4.90 Å². The van der Waals surface area contributed by atoms with Gasteiger partial charge in [-0.2, -0.15) is 0 Å². The Balaban J connectivity index is 1.94. The minimum absolute atomic E-state index is 0.625. The second-order valence-corrected chi connectivity index (χ2v) is 10.9. The highest BCUT2D eigenvalue weighted by Crippen LogP contribution is 2.61. The number of aromatic hydroxyl groups is 7. The second-order valence-electron chi connectivity index (χ2n) is 10.9. The van der Waals surface area contributed by atoms with E-state index in [-0.39, 0.29) is 0 Å². The molecule has 0 radical (unpaired) electrons. The van der Waals surface area contributed by atoms with Crippen LogP contribution in [0.2, 0.25) is 0 Å². The van der Waals surface area contributed by atoms with E-state index in [9.17, 15) is 102 Å². The van der Waals surface area contributed by atoms with Crippen LogP contribution in [0.3, 0.4) is 0 Å². The van der Waals surface area contributed by atoms with Crippen LogP contribution in [0.1, 0.15) is 27.9 Å². The number of phenolic OH excluding ortho intramolecular Hbond substituents is 7. The first-order chi connectivity index (χ1) is 21.1. The Morgan fingerprint density at radius 1 is 0.638 bits per heavy atom. The molecule has 262 valence electrons. The first-order valence-corrected chi connectivity index (χ1v) is 12.5. The summed E-state index contributed by atoms with van der Waals surface area (Å²) >= 11 is 0. The van der Waals surface area contributed by atoms with Crippen molar-refractivity contribution in [2.45, 2.75) is 53.4 Å². The molecule has 1 fully saturated rings. The minimum Gasteiger partial charge on any atom is -0.504 e. The fraction of sp³-hybridized carbons (Fsp3) is 0.458. The molecule has 19 N–H and O–H groups in total. The van der Waals surface area contributed by atoms with Crippen molar-refractivity contribution in [3.05, 3.63) is 16.7 Å². The largest absolute Gasteiger partial charge is 0.504 e. The maximum atomic E-state index is 13.4. The van der Waals surface area contributed by atoms with Crippen LogP contribution in [-0.4, -0.2) is 157 Å². The van der Waals surface area contributed by atoms with E-state index in [0.717, 1.165) is 14.2 Å². The summed E-state index contributed by atoms with van der Waals surface area (Å²) < 4.78 is 9.74. The van der Waals surface area contributed by atoms with Crippen LogP contribution in [-0.2, 0) is 12.3 Å². The highest BCUT2D eigenvalue weighted by Gasteiger charge is 2.88. The molecular weight excluding hydrogens is 654 g/mol. The topological polar surface area (TPSA) is 423 Å². The third kappa shape index (κ3) is 3.99. The van der Waals surface area contributed by atoms with Crippen molar-refractivity contribution in [1.82, 2.24) is 4.90 Å². The van der Waals surface area contributed by atoms with Gasteiger partial charge in [0.05, 0.1) is 19.8 Å². The van der Waals surface area contributed by atoms with Crippen molar-refractivity contribution in [1.29, 1.82) is 0 Å². The number of fused-ring (bicyclic) bond motifs is 1. The van der Waals surface area contributed by atoms with Gasteiger partial charge < -0.3 is 106 Å². The molecule has 0 saturated carbocycles. The molecule has 1 aliphatic heterocycles. The molecule has 1 atom stereocenters. The van der Waals surface area contributed by atoms with Crippen molar-refractivity contribution < 1.29 is 111 Å². The number of ketones is 1. The maximum absolute atomic E-state index is 13.4. The molecule has 47 heavy (non-hydrogen) atoms. The van der Waals surface area contributed by atoms with Crippen LogP contribution in [0.4, 0.5) is 0 Å². The lowest BCUT2D eigenvalue weighted by molar-refractivity contribution is -0.629. The Morgan fingerprint density at radius 3 is 1.43 bits per heavy atom. The number of hydrogen-bond donors (Lipinski definition) is 19. The molecule has 0 bridgehead atoms. The number of rotatable bonds is 6. The van der Waals surface area contributed by atoms with Crippen molar-refractivity contribution in [2.24, 2.45) is 0 Å². The molecule has 1 unspecified atom stereocenters. The van der Waals surface area contributed by atoms with Gasteiger partial charge in [-0.1, -0.05) is 0 Å². The van der Waals surface area contributed by atoms with E-state index in [1.807, 2.05) is 0 Å². The summed E-state index contributed by atoms with van der Waals surface area (Å²) in [4.78, 5) is 11.6. The maximum Gasteiger partial charge on any atom is 0.294 e. The number of likely N-dealkylation sites (tertiary alicyclic amines) is 1. The van der Waals surface area contributed by atoms with Gasteiger partial charge in [-0.25, -0.2) is 0 Å². The standard InChI is InChI=1S/C24H29NO22/c1-46-15-8(26)5-3-18(34,17(33)6(5)9(27)16(15)47-2)4-19(35)21(38,39)23(42,43)25(24(44,45)22(19,40)41)20(36,37)7-10(28)12(30)14(32)13(31)11(7)29/h26-32,34-45H,3-4H2,1-2H3. The number of carbonyl (C=O) groups excluding carboxylic acids is 1. The Morgan fingerprint density at radius 2 is 1.02 bits per heavy atom. The SMILES string of the molecule is COc1c(O)c2c(c(O)c1OC)C(=O)C(O)(CC1(O)C(O)(O)C(O)(O)N(C(O)(O)c3c(O)c(O)c(O)c(O)c3O)C(O)(O)C1(O)O)C2. The number of methoxy groups -OCH3 is 2. The molecule has 0 aromatic heterocycles. The fourth-order valence-electron chi connectivity index (χ4n) is 5.82. The van der Waals surface area contributed by atoms with Crippen LogP contribution in [0, 0.1) is 0 Å². The van der Waals surface area contributed by atoms with Crippen molar-refractivity contribution in [2.75, 3.05) is 14.2 Å². The first-order valence-electron chi connectivity index (χ1n) is 12.5. The molecule has 1 saturated heterocycles. The van der Waals surface area contributed by atoms with E-state index in [0.29, 0.717) is 0 Å². The van der Waals surface area contributed by atoms with Gasteiger partial charge >= 0.3 is 0 Å². The van der Waals surface area contributed by atoms with Gasteiger partial charge in [0.1, 0.15) is 11.2 Å². The van der Waals surface area contributed by atoms with E-state index in [1.165, 1.54) is 0 Å². The Bertz CT molecular complexity index is 1620. The summed E-state index contributed by atoms with van der Waals surface area (Å²) in [6.45, 7) is 0. The van der Waals surface area contributed by atoms with E-state index in [2.05, 4.69) is 0 Å². The molecular formula is C24H29NO22. The molecule has 1 aliphatic carbocycles. The number of phenols is 7. The third-order valence-electron chi connectivity index (χ3n) is 8.27. The highest BCUT2D eigenvalue weighted by atomic mass is 16.7. The van der Waals surface area contributed by atoms with Gasteiger partial charge in [0, 0.05) is 18.4 Å². The Labute approximate surface area is 258 Å². The lowest BCUT2D eigenvalue weighted by Crippen LogP contribution is -2.95. The predicted octanol–water partition coefficient (Wildman–Crippen LogP) is -7.02. The smallest absolute Gasteiger partial charge is 0.294 e. The number of aliphatic hydroxyl groups is 12. The molecule has 23 nitrogen and oxygen atoms in total. The third-order valence-corrected chi connectivity index (χ3v) is 8.27. The van der Waals surface area contributed by atoms with Crippen LogP contribution < -0.4 is 9.47 Å². The highest BCUT2D eigenvalue weighted by molar-refractivity contribution is 6.10. The molecule has 1 heterocycles. The number of benzene rings is 2. The quantitative estimate of drug-likeness (QED) is 0.0763. The minimum atomic E-state index is -5.35. The van der Waals surface area contributed by atoms with Crippen molar-refractivity contribution in [3.8, 4) is 51.7 Å². The lowest BCUT2D eigenvalue weighted by Gasteiger charge is -2.65. The number of carbonyl (C=O) groups is 1. The van der Waals surface area contributed by atoms with Gasteiger partial charge in [0.15, 0.2) is 34.4 Å². The zero-order valence-corrected chi connectivity index (χ0v) is 23.6. The van der Waals surface area contributed by atoms with Gasteiger partial charge in [0.25, 0.3) is 29.3 Å². The Hall–Kier alpha value is -4.21. The first kappa shape index (κ1) is 35.6. The average molecular weight is 683 g/mol. The van der Waals surface area contributed by atoms with Crippen molar-refractivity contribution >= 4 is 5.78 Å². The molecule has 0 spiro atoms. The molecule has 2 aromatic rings. The number of hydrogen-bond acceptors (Lipinski definition) is 23. The van der Waals surface area contributed by atoms with Crippen LogP contribution in [0.15, 0.2) is 0 Å². The number of piperidine rings is 1. The van der Waals surface area contributed by atoms with Crippen LogP contribution >= 0.6 is 0 Å². The van der Waals surface area contributed by atoms with Gasteiger partial charge in [0.2, 0.25) is 28.7 Å². The molecule has 2 aromatic carbocycles. The number of nitrogens with zero attached hydrogens (tertiary/aromatic N) is 1. The molecule has 0 amide bonds. The lowest BCUT2D eigenvalue weighted by atomic mass is 9.68. The van der Waals surface area contributed by atoms with E-state index >= 15 is 0 Å². The summed E-state index contributed by atoms with van der Waals surface area (Å²) in [6, 6.07) is 0. The predicted molar refractivity (Wildman–Crippen MR) is 137 cm³/mol. The van der Waals surface area contributed by atoms with Crippen LogP contribution in [0.5, 0.6) is 51.7 Å². The summed E-state index contributed by atoms with van der Waals surface area (Å²) in [5, 5.41) is 202. The summed E-state index contributed by atoms with van der Waals surface area (Å²) in [5.41, 5.74) is -12.4. The molecule has 23 heteroatoms. The monoisotopic (exact) mass is 683 g/mol. The molecule has 2 aliphatic rings.